The van der Waals surface area contributed by atoms with E-state index in [-0.39, 0.29) is 5.41 Å². The third kappa shape index (κ3) is 1.99. The minimum atomic E-state index is -0.850. The van der Waals surface area contributed by atoms with Crippen molar-refractivity contribution < 1.29 is 9.90 Å². The average Bonchev–Trinajstić information content (AvgIpc) is 2.37. The maximum Gasteiger partial charge on any atom is 0.336 e. The van der Waals surface area contributed by atoms with Crippen LogP contribution in [0.5, 0.6) is 0 Å². The largest absolute Gasteiger partial charge is 0.478 e. The van der Waals surface area contributed by atoms with E-state index in [1.165, 1.54) is 0 Å². The lowest BCUT2D eigenvalue weighted by atomic mass is 9.77. The second-order valence-corrected chi connectivity index (χ2v) is 5.25. The average molecular weight is 242 g/mol. The highest BCUT2D eigenvalue weighted by atomic mass is 16.4. The van der Waals surface area contributed by atoms with Gasteiger partial charge >= 0.3 is 5.97 Å². The van der Waals surface area contributed by atoms with Gasteiger partial charge in [-0.05, 0) is 34.2 Å². The molecule has 0 bridgehead atoms. The highest BCUT2D eigenvalue weighted by Crippen LogP contribution is 2.35. The first-order valence-electron chi connectivity index (χ1n) is 6.23. The van der Waals surface area contributed by atoms with Gasteiger partial charge in [-0.3, -0.25) is 0 Å². The summed E-state index contributed by atoms with van der Waals surface area (Å²) in [5, 5.41) is 11.5. The van der Waals surface area contributed by atoms with Crippen LogP contribution in [0.2, 0.25) is 0 Å². The molecule has 0 saturated carbocycles. The predicted octanol–water partition coefficient (Wildman–Crippen LogP) is 4.23. The number of aromatic carboxylic acids is 1. The molecule has 0 aliphatic rings. The monoisotopic (exact) mass is 242 g/mol. The summed E-state index contributed by atoms with van der Waals surface area (Å²) in [6, 6.07) is 11.6. The Kier molecular flexibility index (Phi) is 3.12. The van der Waals surface area contributed by atoms with Crippen LogP contribution in [-0.4, -0.2) is 11.1 Å². The van der Waals surface area contributed by atoms with Crippen molar-refractivity contribution in [1.29, 1.82) is 0 Å². The summed E-state index contributed by atoms with van der Waals surface area (Å²) >= 11 is 0. The summed E-state index contributed by atoms with van der Waals surface area (Å²) in [5.41, 5.74) is 1.21. The Balaban J connectivity index is 2.87. The second-order valence-electron chi connectivity index (χ2n) is 5.25. The van der Waals surface area contributed by atoms with Crippen molar-refractivity contribution in [2.45, 2.75) is 32.6 Å². The molecule has 0 aliphatic heterocycles. The Bertz CT molecular complexity index is 597. The van der Waals surface area contributed by atoms with E-state index in [2.05, 4.69) is 20.8 Å². The molecule has 0 atom stereocenters. The molecule has 2 heteroatoms. The van der Waals surface area contributed by atoms with E-state index >= 15 is 0 Å². The standard InChI is InChI=1S/C16H18O2/c1-4-16(2,3)14-12-8-6-5-7-11(12)9-10-13(14)15(17)18/h5-10H,4H2,1-3H3,(H,17,18). The Hall–Kier alpha value is -1.83. The van der Waals surface area contributed by atoms with Crippen LogP contribution < -0.4 is 0 Å². The van der Waals surface area contributed by atoms with Gasteiger partial charge in [0, 0.05) is 0 Å². The minimum Gasteiger partial charge on any atom is -0.478 e. The van der Waals surface area contributed by atoms with E-state index in [0.29, 0.717) is 5.56 Å². The fourth-order valence-electron chi connectivity index (χ4n) is 2.36. The number of hydrogen-bond acceptors (Lipinski definition) is 1. The van der Waals surface area contributed by atoms with Crippen molar-refractivity contribution >= 4 is 16.7 Å². The van der Waals surface area contributed by atoms with Crippen LogP contribution in [0, 0.1) is 0 Å². The molecule has 1 N–H and O–H groups in total. The number of carbonyl (C=O) groups is 1. The van der Waals surface area contributed by atoms with Gasteiger partial charge in [-0.1, -0.05) is 51.1 Å². The molecular formula is C16H18O2. The molecule has 2 nitrogen and oxygen atoms in total. The number of rotatable bonds is 3. The van der Waals surface area contributed by atoms with Gasteiger partial charge in [-0.25, -0.2) is 4.79 Å². The number of hydrogen-bond donors (Lipinski definition) is 1. The highest BCUT2D eigenvalue weighted by molar-refractivity contribution is 5.98. The van der Waals surface area contributed by atoms with E-state index in [1.807, 2.05) is 30.3 Å². The predicted molar refractivity (Wildman–Crippen MR) is 74.2 cm³/mol. The van der Waals surface area contributed by atoms with Gasteiger partial charge in [-0.2, -0.15) is 0 Å². The van der Waals surface area contributed by atoms with Crippen LogP contribution in [0.25, 0.3) is 10.8 Å². The summed E-state index contributed by atoms with van der Waals surface area (Å²) in [7, 11) is 0. The van der Waals surface area contributed by atoms with Crippen LogP contribution in [0.3, 0.4) is 0 Å². The third-order valence-electron chi connectivity index (χ3n) is 3.72. The Morgan fingerprint density at radius 2 is 1.83 bits per heavy atom. The molecule has 2 aromatic carbocycles. The normalized spacial score (nSPS) is 11.7. The summed E-state index contributed by atoms with van der Waals surface area (Å²) in [6.45, 7) is 6.29. The summed E-state index contributed by atoms with van der Waals surface area (Å²) in [5.74, 6) is -0.850. The molecular weight excluding hydrogens is 224 g/mol. The van der Waals surface area contributed by atoms with Crippen LogP contribution in [-0.2, 0) is 5.41 Å². The Morgan fingerprint density at radius 1 is 1.17 bits per heavy atom. The van der Waals surface area contributed by atoms with E-state index in [0.717, 1.165) is 22.8 Å². The fraction of sp³-hybridized carbons (Fsp3) is 0.312. The van der Waals surface area contributed by atoms with Crippen LogP contribution in [0.15, 0.2) is 36.4 Å². The molecule has 0 amide bonds. The molecule has 0 spiro atoms. The van der Waals surface area contributed by atoms with E-state index in [9.17, 15) is 9.90 Å². The van der Waals surface area contributed by atoms with Crippen molar-refractivity contribution in [3.63, 3.8) is 0 Å². The molecule has 94 valence electrons. The first-order chi connectivity index (χ1) is 8.47. The van der Waals surface area contributed by atoms with Crippen molar-refractivity contribution in [3.8, 4) is 0 Å². The zero-order valence-corrected chi connectivity index (χ0v) is 11.0. The van der Waals surface area contributed by atoms with Gasteiger partial charge in [-0.15, -0.1) is 0 Å². The number of carboxylic acids is 1. The number of carboxylic acid groups (broad SMARTS) is 1. The quantitative estimate of drug-likeness (QED) is 0.874. The lowest BCUT2D eigenvalue weighted by molar-refractivity contribution is 0.0694. The van der Waals surface area contributed by atoms with Crippen molar-refractivity contribution in [2.24, 2.45) is 0 Å². The molecule has 0 heterocycles. The van der Waals surface area contributed by atoms with Gasteiger partial charge in [0.25, 0.3) is 0 Å². The summed E-state index contributed by atoms with van der Waals surface area (Å²) in [4.78, 5) is 11.4. The smallest absolute Gasteiger partial charge is 0.336 e. The lowest BCUT2D eigenvalue weighted by Crippen LogP contribution is -2.20. The molecule has 0 fully saturated rings. The molecule has 2 rings (SSSR count). The highest BCUT2D eigenvalue weighted by Gasteiger charge is 2.26. The lowest BCUT2D eigenvalue weighted by Gasteiger charge is -2.27. The molecule has 0 aromatic heterocycles. The molecule has 18 heavy (non-hydrogen) atoms. The van der Waals surface area contributed by atoms with Gasteiger partial charge < -0.3 is 5.11 Å². The molecule has 2 aromatic rings. The zero-order valence-electron chi connectivity index (χ0n) is 11.0. The van der Waals surface area contributed by atoms with E-state index in [1.54, 1.807) is 6.07 Å². The van der Waals surface area contributed by atoms with Gasteiger partial charge in [0.2, 0.25) is 0 Å². The van der Waals surface area contributed by atoms with Crippen LogP contribution in [0.4, 0.5) is 0 Å². The number of fused-ring (bicyclic) bond motifs is 1. The topological polar surface area (TPSA) is 37.3 Å². The molecule has 0 unspecified atom stereocenters. The third-order valence-corrected chi connectivity index (χ3v) is 3.72. The second kappa shape index (κ2) is 4.45. The van der Waals surface area contributed by atoms with Gasteiger partial charge in [0.15, 0.2) is 0 Å². The Labute approximate surface area is 107 Å². The van der Waals surface area contributed by atoms with Crippen molar-refractivity contribution in [1.82, 2.24) is 0 Å². The van der Waals surface area contributed by atoms with Crippen molar-refractivity contribution in [2.75, 3.05) is 0 Å². The molecule has 0 radical (unpaired) electrons. The summed E-state index contributed by atoms with van der Waals surface area (Å²) < 4.78 is 0. The first kappa shape index (κ1) is 12.6. The van der Waals surface area contributed by atoms with Gasteiger partial charge in [0.05, 0.1) is 5.56 Å². The molecule has 0 aliphatic carbocycles. The van der Waals surface area contributed by atoms with E-state index < -0.39 is 5.97 Å². The zero-order chi connectivity index (χ0) is 13.3. The Morgan fingerprint density at radius 3 is 2.44 bits per heavy atom. The SMILES string of the molecule is CCC(C)(C)c1c(C(=O)O)ccc2ccccc12. The maximum atomic E-state index is 11.4. The van der Waals surface area contributed by atoms with Crippen LogP contribution >= 0.6 is 0 Å². The van der Waals surface area contributed by atoms with Gasteiger partial charge in [0.1, 0.15) is 0 Å². The maximum absolute atomic E-state index is 11.4. The first-order valence-corrected chi connectivity index (χ1v) is 6.23. The van der Waals surface area contributed by atoms with E-state index in [4.69, 9.17) is 0 Å². The minimum absolute atomic E-state index is 0.144. The number of benzene rings is 2. The molecule has 0 saturated heterocycles. The fourth-order valence-corrected chi connectivity index (χ4v) is 2.36. The van der Waals surface area contributed by atoms with Crippen LogP contribution in [0.1, 0.15) is 43.1 Å². The van der Waals surface area contributed by atoms with Crippen molar-refractivity contribution in [3.05, 3.63) is 47.5 Å². The summed E-state index contributed by atoms with van der Waals surface area (Å²) in [6.07, 6.45) is 0.904.